The first-order valence-electron chi connectivity index (χ1n) is 7.20. The zero-order chi connectivity index (χ0) is 13.5. The average molecular weight is 257 g/mol. The summed E-state index contributed by atoms with van der Waals surface area (Å²) in [5.41, 5.74) is 1.21. The summed E-state index contributed by atoms with van der Waals surface area (Å²) in [7, 11) is 0. The van der Waals surface area contributed by atoms with Crippen LogP contribution in [0.2, 0.25) is 0 Å². The van der Waals surface area contributed by atoms with Crippen LogP contribution in [0.25, 0.3) is 0 Å². The molecule has 2 atom stereocenters. The Morgan fingerprint density at radius 3 is 2.58 bits per heavy atom. The van der Waals surface area contributed by atoms with Crippen molar-refractivity contribution in [3.63, 3.8) is 0 Å². The highest BCUT2D eigenvalue weighted by molar-refractivity contribution is 5.20. The van der Waals surface area contributed by atoms with Crippen molar-refractivity contribution in [1.82, 2.24) is 10.2 Å². The molecule has 2 unspecified atom stereocenters. The van der Waals surface area contributed by atoms with Gasteiger partial charge in [0, 0.05) is 18.6 Å². The molecule has 0 bridgehead atoms. The fourth-order valence-electron chi connectivity index (χ4n) is 2.80. The summed E-state index contributed by atoms with van der Waals surface area (Å²) in [6, 6.07) is 13.1. The summed E-state index contributed by atoms with van der Waals surface area (Å²) >= 11 is 0. The van der Waals surface area contributed by atoms with Crippen LogP contribution in [0.5, 0.6) is 0 Å². The van der Waals surface area contributed by atoms with E-state index in [2.05, 4.69) is 35.3 Å². The maximum atomic E-state index is 8.99. The topological polar surface area (TPSA) is 39.1 Å². The van der Waals surface area contributed by atoms with Crippen molar-refractivity contribution in [1.29, 1.82) is 5.26 Å². The van der Waals surface area contributed by atoms with Crippen LogP contribution in [0.3, 0.4) is 0 Å². The Morgan fingerprint density at radius 1 is 1.26 bits per heavy atom. The van der Waals surface area contributed by atoms with E-state index in [0.29, 0.717) is 12.5 Å². The molecule has 1 aromatic rings. The van der Waals surface area contributed by atoms with Crippen LogP contribution in [0.4, 0.5) is 0 Å². The number of rotatable bonds is 6. The third-order valence-corrected chi connectivity index (χ3v) is 3.71. The largest absolute Gasteiger partial charge is 0.305 e. The molecule has 1 heterocycles. The van der Waals surface area contributed by atoms with Crippen LogP contribution < -0.4 is 5.32 Å². The third kappa shape index (κ3) is 4.34. The summed E-state index contributed by atoms with van der Waals surface area (Å²) in [5.74, 6) is 0. The SMILES string of the molecule is CC(CN1CCCC1)NC(CC#N)c1ccccc1. The van der Waals surface area contributed by atoms with Gasteiger partial charge in [-0.2, -0.15) is 5.26 Å². The van der Waals surface area contributed by atoms with Gasteiger partial charge < -0.3 is 10.2 Å². The van der Waals surface area contributed by atoms with Crippen LogP contribution in [-0.2, 0) is 0 Å². The van der Waals surface area contributed by atoms with Crippen molar-refractivity contribution < 1.29 is 0 Å². The molecule has 0 aromatic heterocycles. The standard InChI is InChI=1S/C16H23N3/c1-14(13-19-11-5-6-12-19)18-16(9-10-17)15-7-3-2-4-8-15/h2-4,7-8,14,16,18H,5-6,9,11-13H2,1H3. The van der Waals surface area contributed by atoms with Gasteiger partial charge in [-0.15, -0.1) is 0 Å². The second-order valence-corrected chi connectivity index (χ2v) is 5.40. The van der Waals surface area contributed by atoms with E-state index in [1.54, 1.807) is 0 Å². The minimum atomic E-state index is 0.142. The number of nitriles is 1. The van der Waals surface area contributed by atoms with Gasteiger partial charge in [-0.3, -0.25) is 0 Å². The maximum Gasteiger partial charge on any atom is 0.0641 e. The molecule has 2 rings (SSSR count). The normalized spacial score (nSPS) is 18.9. The molecular formula is C16H23N3. The molecule has 3 heteroatoms. The monoisotopic (exact) mass is 257 g/mol. The smallest absolute Gasteiger partial charge is 0.0641 e. The molecule has 1 aliphatic rings. The summed E-state index contributed by atoms with van der Waals surface area (Å²) in [6.07, 6.45) is 3.18. The van der Waals surface area contributed by atoms with Crippen molar-refractivity contribution in [3.05, 3.63) is 35.9 Å². The molecule has 0 saturated carbocycles. The molecule has 1 saturated heterocycles. The van der Waals surface area contributed by atoms with Gasteiger partial charge in [0.15, 0.2) is 0 Å². The Bertz CT molecular complexity index is 404. The summed E-state index contributed by atoms with van der Waals surface area (Å²) in [6.45, 7) is 5.74. The lowest BCUT2D eigenvalue weighted by Gasteiger charge is -2.25. The van der Waals surface area contributed by atoms with Gasteiger partial charge in [-0.05, 0) is 38.4 Å². The molecule has 0 radical (unpaired) electrons. The molecule has 1 fully saturated rings. The Labute approximate surface area is 116 Å². The zero-order valence-electron chi connectivity index (χ0n) is 11.7. The van der Waals surface area contributed by atoms with E-state index >= 15 is 0 Å². The highest BCUT2D eigenvalue weighted by atomic mass is 15.2. The number of hydrogen-bond acceptors (Lipinski definition) is 3. The van der Waals surface area contributed by atoms with Crippen LogP contribution in [0, 0.1) is 11.3 Å². The van der Waals surface area contributed by atoms with E-state index in [1.807, 2.05) is 18.2 Å². The van der Waals surface area contributed by atoms with E-state index in [9.17, 15) is 0 Å². The van der Waals surface area contributed by atoms with Crippen LogP contribution in [0.15, 0.2) is 30.3 Å². The third-order valence-electron chi connectivity index (χ3n) is 3.71. The van der Waals surface area contributed by atoms with E-state index in [1.165, 1.54) is 31.5 Å². The predicted octanol–water partition coefficient (Wildman–Crippen LogP) is 2.72. The number of nitrogens with one attached hydrogen (secondary N) is 1. The Morgan fingerprint density at radius 2 is 1.95 bits per heavy atom. The molecule has 19 heavy (non-hydrogen) atoms. The Kier molecular flexibility index (Phi) is 5.38. The van der Waals surface area contributed by atoms with Crippen LogP contribution >= 0.6 is 0 Å². The average Bonchev–Trinajstić information content (AvgIpc) is 2.92. The molecule has 3 nitrogen and oxygen atoms in total. The van der Waals surface area contributed by atoms with E-state index in [4.69, 9.17) is 5.26 Å². The lowest BCUT2D eigenvalue weighted by atomic mass is 10.0. The van der Waals surface area contributed by atoms with E-state index < -0.39 is 0 Å². The van der Waals surface area contributed by atoms with E-state index in [0.717, 1.165) is 6.54 Å². The Hall–Kier alpha value is -1.37. The van der Waals surface area contributed by atoms with Gasteiger partial charge in [0.1, 0.15) is 0 Å². The summed E-state index contributed by atoms with van der Waals surface area (Å²) < 4.78 is 0. The minimum absolute atomic E-state index is 0.142. The Balaban J connectivity index is 1.91. The van der Waals surface area contributed by atoms with Gasteiger partial charge in [0.25, 0.3) is 0 Å². The number of likely N-dealkylation sites (tertiary alicyclic amines) is 1. The van der Waals surface area contributed by atoms with E-state index in [-0.39, 0.29) is 6.04 Å². The van der Waals surface area contributed by atoms with Gasteiger partial charge >= 0.3 is 0 Å². The molecule has 0 aliphatic carbocycles. The molecule has 1 N–H and O–H groups in total. The molecule has 0 amide bonds. The molecule has 1 aromatic carbocycles. The maximum absolute atomic E-state index is 8.99. The first kappa shape index (κ1) is 14.0. The highest BCUT2D eigenvalue weighted by Gasteiger charge is 2.18. The summed E-state index contributed by atoms with van der Waals surface area (Å²) in [4.78, 5) is 2.51. The van der Waals surface area contributed by atoms with Gasteiger partial charge in [0.05, 0.1) is 12.5 Å². The van der Waals surface area contributed by atoms with Gasteiger partial charge in [-0.25, -0.2) is 0 Å². The van der Waals surface area contributed by atoms with Crippen LogP contribution in [-0.4, -0.2) is 30.6 Å². The lowest BCUT2D eigenvalue weighted by molar-refractivity contribution is 0.286. The number of hydrogen-bond donors (Lipinski definition) is 1. The number of nitrogens with zero attached hydrogens (tertiary/aromatic N) is 2. The van der Waals surface area contributed by atoms with Gasteiger partial charge in [-0.1, -0.05) is 30.3 Å². The first-order valence-corrected chi connectivity index (χ1v) is 7.20. The quantitative estimate of drug-likeness (QED) is 0.851. The van der Waals surface area contributed by atoms with Crippen molar-refractivity contribution in [2.45, 2.75) is 38.3 Å². The predicted molar refractivity (Wildman–Crippen MR) is 77.7 cm³/mol. The number of benzene rings is 1. The van der Waals surface area contributed by atoms with Crippen molar-refractivity contribution >= 4 is 0 Å². The van der Waals surface area contributed by atoms with Crippen molar-refractivity contribution in [2.75, 3.05) is 19.6 Å². The molecular weight excluding hydrogens is 234 g/mol. The molecule has 0 spiro atoms. The first-order chi connectivity index (χ1) is 9.29. The fraction of sp³-hybridized carbons (Fsp3) is 0.562. The van der Waals surface area contributed by atoms with Crippen molar-refractivity contribution in [3.8, 4) is 6.07 Å². The van der Waals surface area contributed by atoms with Crippen LogP contribution in [0.1, 0.15) is 37.8 Å². The molecule has 102 valence electrons. The summed E-state index contributed by atoms with van der Waals surface area (Å²) in [5, 5.41) is 12.6. The van der Waals surface area contributed by atoms with Crippen molar-refractivity contribution in [2.24, 2.45) is 0 Å². The second kappa shape index (κ2) is 7.28. The van der Waals surface area contributed by atoms with Gasteiger partial charge in [0.2, 0.25) is 0 Å². The fourth-order valence-corrected chi connectivity index (χ4v) is 2.80. The zero-order valence-corrected chi connectivity index (χ0v) is 11.7. The second-order valence-electron chi connectivity index (χ2n) is 5.40. The highest BCUT2D eigenvalue weighted by Crippen LogP contribution is 2.17. The lowest BCUT2D eigenvalue weighted by Crippen LogP contribution is -2.39. The molecule has 1 aliphatic heterocycles. The minimum Gasteiger partial charge on any atom is -0.305 e.